The highest BCUT2D eigenvalue weighted by molar-refractivity contribution is 7.92. The molecule has 0 amide bonds. The van der Waals surface area contributed by atoms with E-state index in [2.05, 4.69) is 0 Å². The molecule has 0 radical (unpaired) electrons. The third kappa shape index (κ3) is 2.00. The van der Waals surface area contributed by atoms with Crippen molar-refractivity contribution in [1.82, 2.24) is 0 Å². The summed E-state index contributed by atoms with van der Waals surface area (Å²) >= 11 is 0. The smallest absolute Gasteiger partial charge is 0.157 e. The molecule has 94 valence electrons. The van der Waals surface area contributed by atoms with Gasteiger partial charge >= 0.3 is 0 Å². The topological polar surface area (TPSA) is 69.4 Å². The highest BCUT2D eigenvalue weighted by Crippen LogP contribution is 2.44. The molecule has 2 atom stereocenters. The molecule has 16 heavy (non-hydrogen) atoms. The predicted molar refractivity (Wildman–Crippen MR) is 63.0 cm³/mol. The lowest BCUT2D eigenvalue weighted by Crippen LogP contribution is -2.50. The van der Waals surface area contributed by atoms with Crippen LogP contribution in [-0.2, 0) is 14.6 Å². The van der Waals surface area contributed by atoms with Crippen LogP contribution in [0.2, 0.25) is 0 Å². The first kappa shape index (κ1) is 12.3. The lowest BCUT2D eigenvalue weighted by atomic mass is 9.75. The van der Waals surface area contributed by atoms with Crippen LogP contribution in [0.25, 0.3) is 0 Å². The summed E-state index contributed by atoms with van der Waals surface area (Å²) in [6.45, 7) is 2.51. The maximum absolute atomic E-state index is 12.2. The van der Waals surface area contributed by atoms with E-state index in [0.717, 1.165) is 12.8 Å². The molecular formula is C11H21NO3S. The predicted octanol–water partition coefficient (Wildman–Crippen LogP) is 0.850. The molecule has 2 unspecified atom stereocenters. The molecular weight excluding hydrogens is 226 g/mol. The first-order valence-corrected chi connectivity index (χ1v) is 7.68. The molecule has 0 aromatic rings. The van der Waals surface area contributed by atoms with Gasteiger partial charge in [-0.1, -0.05) is 0 Å². The molecule has 5 heteroatoms. The van der Waals surface area contributed by atoms with Crippen LogP contribution in [0.15, 0.2) is 0 Å². The minimum absolute atomic E-state index is 0.107. The van der Waals surface area contributed by atoms with E-state index in [4.69, 9.17) is 10.5 Å². The molecule has 0 aromatic carbocycles. The highest BCUT2D eigenvalue weighted by atomic mass is 32.2. The van der Waals surface area contributed by atoms with Gasteiger partial charge in [0.1, 0.15) is 0 Å². The molecule has 2 N–H and O–H groups in total. The van der Waals surface area contributed by atoms with Crippen LogP contribution in [0.5, 0.6) is 0 Å². The molecule has 1 spiro atoms. The van der Waals surface area contributed by atoms with Crippen LogP contribution < -0.4 is 5.73 Å². The average Bonchev–Trinajstić information content (AvgIpc) is 2.26. The number of nitrogens with two attached hydrogens (primary N) is 1. The Labute approximate surface area is 97.5 Å². The van der Waals surface area contributed by atoms with Crippen molar-refractivity contribution in [2.45, 2.75) is 55.1 Å². The van der Waals surface area contributed by atoms with E-state index in [1.165, 1.54) is 6.42 Å². The third-order valence-corrected chi connectivity index (χ3v) is 6.72. The molecule has 1 saturated heterocycles. The van der Waals surface area contributed by atoms with Gasteiger partial charge in [-0.25, -0.2) is 8.42 Å². The van der Waals surface area contributed by atoms with Crippen LogP contribution in [0.1, 0.15) is 39.0 Å². The molecule has 4 nitrogen and oxygen atoms in total. The third-order valence-electron chi connectivity index (χ3n) is 4.07. The van der Waals surface area contributed by atoms with Crippen molar-refractivity contribution in [3.8, 4) is 0 Å². The zero-order valence-corrected chi connectivity index (χ0v) is 10.6. The fraction of sp³-hybridized carbons (Fsp3) is 1.00. The summed E-state index contributed by atoms with van der Waals surface area (Å²) < 4.78 is 30.2. The number of hydrogen-bond donors (Lipinski definition) is 1. The zero-order valence-electron chi connectivity index (χ0n) is 9.81. The molecule has 2 fully saturated rings. The van der Waals surface area contributed by atoms with E-state index in [9.17, 15) is 8.42 Å². The Morgan fingerprint density at radius 1 is 1.50 bits per heavy atom. The monoisotopic (exact) mass is 247 g/mol. The Balaban J connectivity index is 2.09. The lowest BCUT2D eigenvalue weighted by molar-refractivity contribution is -0.125. The van der Waals surface area contributed by atoms with Crippen molar-refractivity contribution in [1.29, 1.82) is 0 Å². The maximum atomic E-state index is 12.2. The maximum Gasteiger partial charge on any atom is 0.157 e. The van der Waals surface area contributed by atoms with Crippen LogP contribution in [-0.4, -0.2) is 37.7 Å². The van der Waals surface area contributed by atoms with Crippen molar-refractivity contribution >= 4 is 9.84 Å². The molecule has 1 aliphatic heterocycles. The second-order valence-corrected chi connectivity index (χ2v) is 7.78. The van der Waals surface area contributed by atoms with Crippen LogP contribution in [0.4, 0.5) is 0 Å². The molecule has 2 rings (SSSR count). The van der Waals surface area contributed by atoms with Crippen molar-refractivity contribution < 1.29 is 13.2 Å². The van der Waals surface area contributed by atoms with E-state index < -0.39 is 15.1 Å². The quantitative estimate of drug-likeness (QED) is 0.802. The fourth-order valence-corrected chi connectivity index (χ4v) is 4.53. The Morgan fingerprint density at radius 2 is 2.19 bits per heavy atom. The Kier molecular flexibility index (Phi) is 3.29. The molecule has 1 aliphatic carbocycles. The van der Waals surface area contributed by atoms with Gasteiger partial charge < -0.3 is 10.5 Å². The molecule has 0 aromatic heterocycles. The summed E-state index contributed by atoms with van der Waals surface area (Å²) in [5.41, 5.74) is 5.36. The fourth-order valence-electron chi connectivity index (χ4n) is 2.65. The van der Waals surface area contributed by atoms with E-state index in [0.29, 0.717) is 19.4 Å². The van der Waals surface area contributed by atoms with E-state index >= 15 is 0 Å². The number of ether oxygens (including phenoxy) is 1. The summed E-state index contributed by atoms with van der Waals surface area (Å²) in [5, 5.41) is -0.659. The van der Waals surface area contributed by atoms with Gasteiger partial charge in [-0.2, -0.15) is 0 Å². The van der Waals surface area contributed by atoms with Gasteiger partial charge in [-0.15, -0.1) is 0 Å². The zero-order chi connectivity index (χ0) is 11.8. The van der Waals surface area contributed by atoms with Crippen LogP contribution in [0, 0.1) is 0 Å². The van der Waals surface area contributed by atoms with Gasteiger partial charge in [0, 0.05) is 13.2 Å². The second kappa shape index (κ2) is 4.27. The van der Waals surface area contributed by atoms with Gasteiger partial charge in [0.15, 0.2) is 9.84 Å². The largest absolute Gasteiger partial charge is 0.375 e. The van der Waals surface area contributed by atoms with E-state index in [-0.39, 0.29) is 17.4 Å². The van der Waals surface area contributed by atoms with Crippen molar-refractivity contribution in [2.24, 2.45) is 5.73 Å². The van der Waals surface area contributed by atoms with E-state index in [1.807, 2.05) is 0 Å². The van der Waals surface area contributed by atoms with Crippen LogP contribution in [0.3, 0.4) is 0 Å². The first-order valence-electron chi connectivity index (χ1n) is 6.07. The standard InChI is InChI=1S/C11H21NO3S/c1-9(8-12)16(13,14)10-3-6-15-11(7-10)4-2-5-11/h9-10H,2-8,12H2,1H3. The number of hydrogen-bond acceptors (Lipinski definition) is 4. The Bertz CT molecular complexity index is 348. The molecule has 1 heterocycles. The average molecular weight is 247 g/mol. The molecule has 0 bridgehead atoms. The van der Waals surface area contributed by atoms with Crippen molar-refractivity contribution in [3.05, 3.63) is 0 Å². The van der Waals surface area contributed by atoms with Crippen LogP contribution >= 0.6 is 0 Å². The van der Waals surface area contributed by atoms with Gasteiger partial charge in [0.25, 0.3) is 0 Å². The number of rotatable bonds is 3. The lowest BCUT2D eigenvalue weighted by Gasteiger charge is -2.47. The van der Waals surface area contributed by atoms with Gasteiger partial charge in [0.2, 0.25) is 0 Å². The first-order chi connectivity index (χ1) is 7.50. The van der Waals surface area contributed by atoms with Crippen molar-refractivity contribution in [2.75, 3.05) is 13.2 Å². The Hall–Kier alpha value is -0.130. The highest BCUT2D eigenvalue weighted by Gasteiger charge is 2.46. The van der Waals surface area contributed by atoms with Gasteiger partial charge in [-0.05, 0) is 39.0 Å². The summed E-state index contributed by atoms with van der Waals surface area (Å²) in [4.78, 5) is 0. The summed E-state index contributed by atoms with van der Waals surface area (Å²) in [6.07, 6.45) is 4.53. The number of sulfone groups is 1. The summed E-state index contributed by atoms with van der Waals surface area (Å²) in [6, 6.07) is 0. The minimum Gasteiger partial charge on any atom is -0.375 e. The van der Waals surface area contributed by atoms with E-state index in [1.54, 1.807) is 6.92 Å². The molecule has 2 aliphatic rings. The van der Waals surface area contributed by atoms with Gasteiger partial charge in [0.05, 0.1) is 16.1 Å². The minimum atomic E-state index is -3.06. The van der Waals surface area contributed by atoms with Crippen molar-refractivity contribution in [3.63, 3.8) is 0 Å². The second-order valence-electron chi connectivity index (χ2n) is 5.14. The SMILES string of the molecule is CC(CN)S(=O)(=O)C1CCOC2(CCC2)C1. The summed E-state index contributed by atoms with van der Waals surface area (Å²) in [5.74, 6) is 0. The summed E-state index contributed by atoms with van der Waals surface area (Å²) in [7, 11) is -3.06. The normalized spacial score (nSPS) is 31.0. The Morgan fingerprint density at radius 3 is 2.69 bits per heavy atom. The molecule has 1 saturated carbocycles. The van der Waals surface area contributed by atoms with Gasteiger partial charge in [-0.3, -0.25) is 0 Å².